The van der Waals surface area contributed by atoms with Crippen LogP contribution in [0.4, 0.5) is 0 Å². The molecular formula is C20H15NO3. The van der Waals surface area contributed by atoms with Gasteiger partial charge in [0.25, 0.3) is 0 Å². The van der Waals surface area contributed by atoms with E-state index in [0.29, 0.717) is 28.7 Å². The smallest absolute Gasteiger partial charge is 0.210 e. The third kappa shape index (κ3) is 1.93. The summed E-state index contributed by atoms with van der Waals surface area (Å²) in [6, 6.07) is 16.4. The van der Waals surface area contributed by atoms with E-state index in [1.165, 1.54) is 4.57 Å². The lowest BCUT2D eigenvalue weighted by molar-refractivity contribution is 0.0973. The van der Waals surface area contributed by atoms with Gasteiger partial charge in [-0.05, 0) is 5.56 Å². The number of carbonyl (C=O) groups excluding carboxylic acids is 2. The summed E-state index contributed by atoms with van der Waals surface area (Å²) >= 11 is 0. The first-order valence-corrected chi connectivity index (χ1v) is 7.72. The number of carbonyl (C=O) groups is 2. The topological polar surface area (TPSA) is 59.3 Å². The van der Waals surface area contributed by atoms with E-state index in [-0.39, 0.29) is 23.1 Å². The van der Waals surface area contributed by atoms with Crippen molar-refractivity contribution in [3.05, 3.63) is 88.1 Å². The zero-order valence-electron chi connectivity index (χ0n) is 13.1. The molecule has 4 heteroatoms. The molecule has 1 aliphatic rings. The van der Waals surface area contributed by atoms with Gasteiger partial charge in [-0.25, -0.2) is 0 Å². The standard InChI is InChI=1S/C20H15NO3/c1-21-17-16(15(20(21)24)11-12-7-3-2-4-8-12)18(22)13-9-5-6-10-14(13)19(17)23/h2-10,24H,11H2,1H3. The maximum absolute atomic E-state index is 13.0. The van der Waals surface area contributed by atoms with Gasteiger partial charge in [-0.3, -0.25) is 9.59 Å². The maximum atomic E-state index is 13.0. The Balaban J connectivity index is 1.93. The van der Waals surface area contributed by atoms with Gasteiger partial charge in [0.2, 0.25) is 5.78 Å². The van der Waals surface area contributed by atoms with Crippen molar-refractivity contribution >= 4 is 11.6 Å². The van der Waals surface area contributed by atoms with Crippen LogP contribution in [0.15, 0.2) is 54.6 Å². The first kappa shape index (κ1) is 14.5. The zero-order chi connectivity index (χ0) is 16.8. The summed E-state index contributed by atoms with van der Waals surface area (Å²) in [4.78, 5) is 25.8. The van der Waals surface area contributed by atoms with Crippen molar-refractivity contribution in [3.63, 3.8) is 0 Å². The molecule has 0 saturated heterocycles. The lowest BCUT2D eigenvalue weighted by Gasteiger charge is -2.16. The predicted octanol–water partition coefficient (Wildman–Crippen LogP) is 3.10. The van der Waals surface area contributed by atoms with Crippen LogP contribution in [0.1, 0.15) is 43.1 Å². The summed E-state index contributed by atoms with van der Waals surface area (Å²) in [7, 11) is 1.61. The van der Waals surface area contributed by atoms with Crippen molar-refractivity contribution in [3.8, 4) is 5.88 Å². The van der Waals surface area contributed by atoms with Crippen LogP contribution in [-0.4, -0.2) is 21.2 Å². The summed E-state index contributed by atoms with van der Waals surface area (Å²) in [5.74, 6) is -0.460. The molecule has 0 atom stereocenters. The maximum Gasteiger partial charge on any atom is 0.210 e. The van der Waals surface area contributed by atoms with Gasteiger partial charge in [0.1, 0.15) is 5.69 Å². The second-order valence-electron chi connectivity index (χ2n) is 5.95. The Morgan fingerprint density at radius 1 is 0.875 bits per heavy atom. The molecule has 2 aromatic carbocycles. The van der Waals surface area contributed by atoms with Crippen LogP contribution in [0.5, 0.6) is 5.88 Å². The molecule has 4 rings (SSSR count). The number of aromatic hydroxyl groups is 1. The van der Waals surface area contributed by atoms with E-state index in [4.69, 9.17) is 0 Å². The molecule has 0 spiro atoms. The molecular weight excluding hydrogens is 302 g/mol. The van der Waals surface area contributed by atoms with Crippen LogP contribution < -0.4 is 0 Å². The summed E-state index contributed by atoms with van der Waals surface area (Å²) in [6.07, 6.45) is 0.400. The number of hydrogen-bond donors (Lipinski definition) is 1. The largest absolute Gasteiger partial charge is 0.494 e. The van der Waals surface area contributed by atoms with Gasteiger partial charge in [-0.2, -0.15) is 0 Å². The molecule has 0 unspecified atom stereocenters. The van der Waals surface area contributed by atoms with Crippen LogP contribution in [0.2, 0.25) is 0 Å². The summed E-state index contributed by atoms with van der Waals surface area (Å²) in [6.45, 7) is 0. The molecule has 0 amide bonds. The van der Waals surface area contributed by atoms with E-state index >= 15 is 0 Å². The first-order valence-electron chi connectivity index (χ1n) is 7.72. The van der Waals surface area contributed by atoms with Gasteiger partial charge < -0.3 is 9.67 Å². The van der Waals surface area contributed by atoms with E-state index in [0.717, 1.165) is 5.56 Å². The molecule has 0 bridgehead atoms. The molecule has 0 fully saturated rings. The Morgan fingerprint density at radius 3 is 2.12 bits per heavy atom. The minimum Gasteiger partial charge on any atom is -0.494 e. The molecule has 24 heavy (non-hydrogen) atoms. The molecule has 1 N–H and O–H groups in total. The molecule has 0 aliphatic heterocycles. The fourth-order valence-electron chi connectivity index (χ4n) is 3.35. The summed E-state index contributed by atoms with van der Waals surface area (Å²) < 4.78 is 1.42. The highest BCUT2D eigenvalue weighted by molar-refractivity contribution is 6.28. The Hall–Kier alpha value is -3.14. The van der Waals surface area contributed by atoms with Crippen LogP contribution in [0.25, 0.3) is 0 Å². The van der Waals surface area contributed by atoms with Gasteiger partial charge in [0, 0.05) is 30.2 Å². The van der Waals surface area contributed by atoms with Gasteiger partial charge in [0.05, 0.1) is 5.56 Å². The van der Waals surface area contributed by atoms with Gasteiger partial charge >= 0.3 is 0 Å². The molecule has 1 aliphatic carbocycles. The van der Waals surface area contributed by atoms with E-state index in [9.17, 15) is 14.7 Å². The lowest BCUT2D eigenvalue weighted by Crippen LogP contribution is -2.22. The van der Waals surface area contributed by atoms with Crippen molar-refractivity contribution in [2.24, 2.45) is 7.05 Å². The average molecular weight is 317 g/mol. The number of hydrogen-bond acceptors (Lipinski definition) is 3. The van der Waals surface area contributed by atoms with Gasteiger partial charge in [-0.1, -0.05) is 54.6 Å². The third-order valence-corrected chi connectivity index (χ3v) is 4.54. The fourth-order valence-corrected chi connectivity index (χ4v) is 3.35. The van der Waals surface area contributed by atoms with Crippen molar-refractivity contribution in [2.45, 2.75) is 6.42 Å². The van der Waals surface area contributed by atoms with Crippen molar-refractivity contribution in [2.75, 3.05) is 0 Å². The molecule has 0 saturated carbocycles. The minimum atomic E-state index is -0.225. The quantitative estimate of drug-likeness (QED) is 0.618. The second kappa shape index (κ2) is 5.20. The second-order valence-corrected chi connectivity index (χ2v) is 5.95. The zero-order valence-corrected chi connectivity index (χ0v) is 13.1. The summed E-state index contributed by atoms with van der Waals surface area (Å²) in [5.41, 5.74) is 2.85. The van der Waals surface area contributed by atoms with Crippen LogP contribution in [0, 0.1) is 0 Å². The van der Waals surface area contributed by atoms with Gasteiger partial charge in [0.15, 0.2) is 11.7 Å². The molecule has 4 nitrogen and oxygen atoms in total. The van der Waals surface area contributed by atoms with Crippen LogP contribution in [-0.2, 0) is 13.5 Å². The van der Waals surface area contributed by atoms with Crippen molar-refractivity contribution in [1.82, 2.24) is 4.57 Å². The normalized spacial score (nSPS) is 12.9. The SMILES string of the molecule is Cn1c(O)c(Cc2ccccc2)c2c1C(=O)c1ccccc1C2=O. The predicted molar refractivity (Wildman–Crippen MR) is 89.6 cm³/mol. The molecule has 3 aromatic rings. The Kier molecular flexibility index (Phi) is 3.13. The number of benzene rings is 2. The number of aromatic nitrogens is 1. The fraction of sp³-hybridized carbons (Fsp3) is 0.100. The number of fused-ring (bicyclic) bond motifs is 2. The summed E-state index contributed by atoms with van der Waals surface area (Å²) in [5, 5.41) is 10.5. The molecule has 0 radical (unpaired) electrons. The van der Waals surface area contributed by atoms with E-state index in [1.54, 1.807) is 31.3 Å². The Labute approximate surface area is 139 Å². The number of nitrogens with zero attached hydrogens (tertiary/aromatic N) is 1. The van der Waals surface area contributed by atoms with Gasteiger partial charge in [-0.15, -0.1) is 0 Å². The Bertz CT molecular complexity index is 984. The van der Waals surface area contributed by atoms with E-state index in [2.05, 4.69) is 0 Å². The number of ketones is 2. The molecule has 1 aromatic heterocycles. The monoisotopic (exact) mass is 317 g/mol. The number of rotatable bonds is 2. The van der Waals surface area contributed by atoms with E-state index in [1.807, 2.05) is 30.3 Å². The highest BCUT2D eigenvalue weighted by Gasteiger charge is 2.36. The van der Waals surface area contributed by atoms with Crippen LogP contribution >= 0.6 is 0 Å². The molecule has 1 heterocycles. The molecule has 118 valence electrons. The van der Waals surface area contributed by atoms with Crippen molar-refractivity contribution < 1.29 is 14.7 Å². The van der Waals surface area contributed by atoms with E-state index < -0.39 is 0 Å². The third-order valence-electron chi connectivity index (χ3n) is 4.54. The minimum absolute atomic E-state index is 0.0293. The highest BCUT2D eigenvalue weighted by atomic mass is 16.3. The average Bonchev–Trinajstić information content (AvgIpc) is 2.86. The lowest BCUT2D eigenvalue weighted by atomic mass is 9.85. The van der Waals surface area contributed by atoms with Crippen molar-refractivity contribution in [1.29, 1.82) is 0 Å². The highest BCUT2D eigenvalue weighted by Crippen LogP contribution is 2.37. The Morgan fingerprint density at radius 2 is 1.46 bits per heavy atom. The van der Waals surface area contributed by atoms with Crippen LogP contribution in [0.3, 0.4) is 0 Å². The first-order chi connectivity index (χ1) is 11.6.